The third-order valence-corrected chi connectivity index (χ3v) is 3.30. The van der Waals surface area contributed by atoms with Crippen LogP contribution in [0.5, 0.6) is 0 Å². The minimum Gasteiger partial charge on any atom is -0.391 e. The van der Waals surface area contributed by atoms with Crippen LogP contribution in [0.25, 0.3) is 0 Å². The van der Waals surface area contributed by atoms with Gasteiger partial charge >= 0.3 is 0 Å². The highest BCUT2D eigenvalue weighted by Crippen LogP contribution is 2.17. The van der Waals surface area contributed by atoms with E-state index in [2.05, 4.69) is 31.1 Å². The molecule has 0 spiro atoms. The maximum absolute atomic E-state index is 9.79. The van der Waals surface area contributed by atoms with Crippen molar-refractivity contribution in [2.75, 3.05) is 12.3 Å². The maximum atomic E-state index is 9.79. The van der Waals surface area contributed by atoms with Gasteiger partial charge in [0.1, 0.15) is 0 Å². The second kappa shape index (κ2) is 6.59. The largest absolute Gasteiger partial charge is 0.391 e. The quantitative estimate of drug-likeness (QED) is 0.810. The Balaban J connectivity index is 2.28. The lowest BCUT2D eigenvalue weighted by Crippen LogP contribution is -2.41. The number of nitrogens with zero attached hydrogens (tertiary/aromatic N) is 1. The molecule has 0 bridgehead atoms. The van der Waals surface area contributed by atoms with Crippen LogP contribution in [0.15, 0.2) is 23.4 Å². The van der Waals surface area contributed by atoms with Crippen LogP contribution in [0.3, 0.4) is 0 Å². The standard InChI is InChI=1S/C12H19ClN2OS/c1-12(2,3)15-7-10(16)8-17-11-5-4-9(13)6-14-11/h4-6,10,15-16H,7-8H2,1-3H3. The van der Waals surface area contributed by atoms with Gasteiger partial charge in [-0.05, 0) is 32.9 Å². The van der Waals surface area contributed by atoms with Gasteiger partial charge < -0.3 is 10.4 Å². The Morgan fingerprint density at radius 3 is 2.71 bits per heavy atom. The second-order valence-electron chi connectivity index (χ2n) is 4.91. The van der Waals surface area contributed by atoms with Crippen molar-refractivity contribution < 1.29 is 5.11 Å². The predicted molar refractivity (Wildman–Crippen MR) is 73.7 cm³/mol. The molecule has 0 saturated carbocycles. The third kappa shape index (κ3) is 6.88. The Morgan fingerprint density at radius 1 is 1.47 bits per heavy atom. The first kappa shape index (κ1) is 14.8. The fraction of sp³-hybridized carbons (Fsp3) is 0.583. The Kier molecular flexibility index (Phi) is 5.73. The average Bonchev–Trinajstić information content (AvgIpc) is 2.25. The number of aromatic nitrogens is 1. The molecule has 0 aliphatic heterocycles. The van der Waals surface area contributed by atoms with Gasteiger partial charge in [-0.2, -0.15) is 0 Å². The number of hydrogen-bond donors (Lipinski definition) is 2. The van der Waals surface area contributed by atoms with E-state index < -0.39 is 0 Å². The van der Waals surface area contributed by atoms with Gasteiger partial charge in [-0.25, -0.2) is 4.98 Å². The van der Waals surface area contributed by atoms with Crippen LogP contribution in [-0.4, -0.2) is 34.0 Å². The van der Waals surface area contributed by atoms with Crippen LogP contribution in [0.1, 0.15) is 20.8 Å². The van der Waals surface area contributed by atoms with E-state index in [0.717, 1.165) is 5.03 Å². The van der Waals surface area contributed by atoms with Crippen molar-refractivity contribution in [3.8, 4) is 0 Å². The number of aliphatic hydroxyl groups is 1. The molecule has 0 radical (unpaired) electrons. The van der Waals surface area contributed by atoms with Crippen LogP contribution >= 0.6 is 23.4 Å². The molecule has 3 nitrogen and oxygen atoms in total. The first-order valence-corrected chi connectivity index (χ1v) is 6.90. The molecule has 0 saturated heterocycles. The summed E-state index contributed by atoms with van der Waals surface area (Å²) < 4.78 is 0. The van der Waals surface area contributed by atoms with Gasteiger partial charge in [-0.3, -0.25) is 0 Å². The molecular weight excluding hydrogens is 256 g/mol. The molecule has 96 valence electrons. The molecule has 2 N–H and O–H groups in total. The summed E-state index contributed by atoms with van der Waals surface area (Å²) in [4.78, 5) is 4.16. The summed E-state index contributed by atoms with van der Waals surface area (Å²) in [5.41, 5.74) is 0.0319. The Labute approximate surface area is 112 Å². The number of β-amino-alcohol motifs (C(OH)–C–C–N with tert-alkyl or cyclic N) is 1. The van der Waals surface area contributed by atoms with Crippen molar-refractivity contribution in [2.24, 2.45) is 0 Å². The molecule has 1 atom stereocenters. The maximum Gasteiger partial charge on any atom is 0.0961 e. The molecule has 1 rings (SSSR count). The zero-order valence-electron chi connectivity index (χ0n) is 10.4. The van der Waals surface area contributed by atoms with Crippen LogP contribution < -0.4 is 5.32 Å². The normalized spacial score (nSPS) is 13.7. The van der Waals surface area contributed by atoms with E-state index in [-0.39, 0.29) is 11.6 Å². The average molecular weight is 275 g/mol. The number of halogens is 1. The molecule has 1 heterocycles. The van der Waals surface area contributed by atoms with Gasteiger partial charge in [0.2, 0.25) is 0 Å². The monoisotopic (exact) mass is 274 g/mol. The molecule has 1 unspecified atom stereocenters. The molecule has 0 aliphatic rings. The molecule has 0 aromatic carbocycles. The summed E-state index contributed by atoms with van der Waals surface area (Å²) in [5.74, 6) is 0.623. The molecule has 0 aliphatic carbocycles. The Hall–Kier alpha value is -0.290. The molecule has 0 fully saturated rings. The van der Waals surface area contributed by atoms with E-state index >= 15 is 0 Å². The number of aliphatic hydroxyl groups excluding tert-OH is 1. The number of thioether (sulfide) groups is 1. The van der Waals surface area contributed by atoms with Crippen molar-refractivity contribution in [1.29, 1.82) is 0 Å². The summed E-state index contributed by atoms with van der Waals surface area (Å²) in [6.45, 7) is 6.82. The second-order valence-corrected chi connectivity index (χ2v) is 6.39. The zero-order valence-corrected chi connectivity index (χ0v) is 12.0. The SMILES string of the molecule is CC(C)(C)NCC(O)CSc1ccc(Cl)cn1. The molecule has 17 heavy (non-hydrogen) atoms. The lowest BCUT2D eigenvalue weighted by atomic mass is 10.1. The first-order chi connectivity index (χ1) is 7.87. The number of nitrogens with one attached hydrogen (secondary N) is 1. The van der Waals surface area contributed by atoms with Gasteiger partial charge in [-0.1, -0.05) is 11.6 Å². The van der Waals surface area contributed by atoms with Crippen molar-refractivity contribution in [2.45, 2.75) is 37.4 Å². The van der Waals surface area contributed by atoms with Gasteiger partial charge in [0.25, 0.3) is 0 Å². The zero-order chi connectivity index (χ0) is 12.9. The molecular formula is C12H19ClN2OS. The Bertz CT molecular complexity index is 337. The Morgan fingerprint density at radius 2 is 2.18 bits per heavy atom. The van der Waals surface area contributed by atoms with Crippen molar-refractivity contribution in [1.82, 2.24) is 10.3 Å². The van der Waals surface area contributed by atoms with Gasteiger partial charge in [0.15, 0.2) is 0 Å². The number of rotatable bonds is 5. The number of pyridine rings is 1. The van der Waals surface area contributed by atoms with Gasteiger partial charge in [0.05, 0.1) is 16.2 Å². The van der Waals surface area contributed by atoms with E-state index in [0.29, 0.717) is 17.3 Å². The van der Waals surface area contributed by atoms with Gasteiger partial charge in [-0.15, -0.1) is 11.8 Å². The minimum absolute atomic E-state index is 0.0319. The van der Waals surface area contributed by atoms with Crippen molar-refractivity contribution in [3.63, 3.8) is 0 Å². The third-order valence-electron chi connectivity index (χ3n) is 1.99. The summed E-state index contributed by atoms with van der Waals surface area (Å²) in [7, 11) is 0. The summed E-state index contributed by atoms with van der Waals surface area (Å²) in [6.07, 6.45) is 1.24. The fourth-order valence-corrected chi connectivity index (χ4v) is 2.00. The van der Waals surface area contributed by atoms with Gasteiger partial charge in [0, 0.05) is 24.0 Å². The lowest BCUT2D eigenvalue weighted by molar-refractivity contribution is 0.183. The summed E-state index contributed by atoms with van der Waals surface area (Å²) >= 11 is 7.27. The predicted octanol–water partition coefficient (Wildman–Crippen LogP) is 2.58. The highest BCUT2D eigenvalue weighted by atomic mass is 35.5. The van der Waals surface area contributed by atoms with E-state index in [1.807, 2.05) is 6.07 Å². The van der Waals surface area contributed by atoms with Crippen LogP contribution in [-0.2, 0) is 0 Å². The summed E-state index contributed by atoms with van der Waals surface area (Å²) in [6, 6.07) is 3.66. The van der Waals surface area contributed by atoms with E-state index in [1.54, 1.807) is 12.3 Å². The first-order valence-electron chi connectivity index (χ1n) is 5.54. The molecule has 5 heteroatoms. The highest BCUT2D eigenvalue weighted by Gasteiger charge is 2.12. The smallest absolute Gasteiger partial charge is 0.0961 e. The lowest BCUT2D eigenvalue weighted by Gasteiger charge is -2.22. The highest BCUT2D eigenvalue weighted by molar-refractivity contribution is 7.99. The van der Waals surface area contributed by atoms with Crippen LogP contribution in [0.4, 0.5) is 0 Å². The fourth-order valence-electron chi connectivity index (χ4n) is 1.11. The minimum atomic E-state index is -0.378. The van der Waals surface area contributed by atoms with E-state index in [4.69, 9.17) is 11.6 Å². The van der Waals surface area contributed by atoms with Crippen LogP contribution in [0.2, 0.25) is 5.02 Å². The molecule has 1 aromatic heterocycles. The van der Waals surface area contributed by atoms with Crippen molar-refractivity contribution >= 4 is 23.4 Å². The van der Waals surface area contributed by atoms with Crippen molar-refractivity contribution in [3.05, 3.63) is 23.4 Å². The number of hydrogen-bond acceptors (Lipinski definition) is 4. The molecule has 0 amide bonds. The van der Waals surface area contributed by atoms with E-state index in [1.165, 1.54) is 11.8 Å². The van der Waals surface area contributed by atoms with Crippen LogP contribution in [0, 0.1) is 0 Å². The van der Waals surface area contributed by atoms with E-state index in [9.17, 15) is 5.11 Å². The topological polar surface area (TPSA) is 45.1 Å². The summed E-state index contributed by atoms with van der Waals surface area (Å²) in [5, 5.41) is 14.6. The molecule has 1 aromatic rings.